The van der Waals surface area contributed by atoms with Crippen molar-refractivity contribution in [1.29, 1.82) is 0 Å². The number of aryl methyl sites for hydroxylation is 2. The van der Waals surface area contributed by atoms with Crippen LogP contribution in [0.5, 0.6) is 0 Å². The number of aromatic amines is 1. The van der Waals surface area contributed by atoms with Crippen LogP contribution in [-0.2, 0) is 0 Å². The molecule has 4 rings (SSSR count). The first-order valence-corrected chi connectivity index (χ1v) is 8.82. The second-order valence-electron chi connectivity index (χ2n) is 6.80. The number of rotatable bonds is 2. The zero-order chi connectivity index (χ0) is 17.4. The van der Waals surface area contributed by atoms with Crippen LogP contribution < -0.4 is 0 Å². The number of piperidine rings is 1. The summed E-state index contributed by atoms with van der Waals surface area (Å²) in [5, 5.41) is 0. The molecule has 2 aromatic heterocycles. The van der Waals surface area contributed by atoms with Crippen LogP contribution in [0, 0.1) is 13.8 Å². The minimum Gasteiger partial charge on any atom is -0.340 e. The third-order valence-electron chi connectivity index (χ3n) is 5.08. The maximum atomic E-state index is 12.9. The highest BCUT2D eigenvalue weighted by Gasteiger charge is 2.31. The van der Waals surface area contributed by atoms with Crippen LogP contribution in [0.1, 0.15) is 52.7 Å². The molecule has 1 unspecified atom stereocenters. The molecule has 0 spiro atoms. The summed E-state index contributed by atoms with van der Waals surface area (Å²) in [5.74, 6) is 0.863. The zero-order valence-corrected chi connectivity index (χ0v) is 14.6. The molecule has 5 nitrogen and oxygen atoms in total. The van der Waals surface area contributed by atoms with Gasteiger partial charge in [0, 0.05) is 12.7 Å². The van der Waals surface area contributed by atoms with Crippen LogP contribution in [0.2, 0.25) is 0 Å². The van der Waals surface area contributed by atoms with Crippen LogP contribution in [0.25, 0.3) is 11.0 Å². The predicted molar refractivity (Wildman–Crippen MR) is 97.4 cm³/mol. The predicted octanol–water partition coefficient (Wildman–Crippen LogP) is 3.94. The molecule has 1 fully saturated rings. The summed E-state index contributed by atoms with van der Waals surface area (Å²) in [5.41, 5.74) is 4.98. The molecule has 5 heteroatoms. The minimum absolute atomic E-state index is 0.0156. The van der Waals surface area contributed by atoms with Gasteiger partial charge in [0.05, 0.1) is 17.1 Å². The third kappa shape index (κ3) is 2.90. The number of carbonyl (C=O) groups excluding carboxylic acids is 1. The highest BCUT2D eigenvalue weighted by Crippen LogP contribution is 2.32. The molecule has 0 bridgehead atoms. The Morgan fingerprint density at radius 1 is 1.20 bits per heavy atom. The topological polar surface area (TPSA) is 61.9 Å². The van der Waals surface area contributed by atoms with E-state index in [1.54, 1.807) is 12.3 Å². The van der Waals surface area contributed by atoms with Crippen molar-refractivity contribution >= 4 is 16.9 Å². The average molecular weight is 334 g/mol. The number of carbonyl (C=O) groups is 1. The lowest BCUT2D eigenvalue weighted by Gasteiger charge is -2.34. The average Bonchev–Trinajstić information content (AvgIpc) is 3.05. The summed E-state index contributed by atoms with van der Waals surface area (Å²) in [7, 11) is 0. The number of hydrogen-bond donors (Lipinski definition) is 1. The van der Waals surface area contributed by atoms with Crippen molar-refractivity contribution in [2.24, 2.45) is 0 Å². The number of benzene rings is 1. The SMILES string of the molecule is Cc1cc2nc(C3CCCCN3C(=O)c3ccccn3)[nH]c2cc1C. The Labute approximate surface area is 147 Å². The maximum Gasteiger partial charge on any atom is 0.273 e. The first-order valence-electron chi connectivity index (χ1n) is 8.82. The smallest absolute Gasteiger partial charge is 0.273 e. The van der Waals surface area contributed by atoms with E-state index in [2.05, 4.69) is 35.9 Å². The van der Waals surface area contributed by atoms with Gasteiger partial charge in [-0.3, -0.25) is 9.78 Å². The molecule has 1 amide bonds. The Kier molecular flexibility index (Phi) is 3.99. The van der Waals surface area contributed by atoms with Gasteiger partial charge in [0.15, 0.2) is 0 Å². The quantitative estimate of drug-likeness (QED) is 0.772. The lowest BCUT2D eigenvalue weighted by molar-refractivity contribution is 0.0595. The minimum atomic E-state index is -0.0173. The van der Waals surface area contributed by atoms with E-state index >= 15 is 0 Å². The molecule has 3 heterocycles. The van der Waals surface area contributed by atoms with Crippen LogP contribution in [0.4, 0.5) is 0 Å². The van der Waals surface area contributed by atoms with E-state index in [4.69, 9.17) is 4.98 Å². The molecule has 0 aliphatic carbocycles. The lowest BCUT2D eigenvalue weighted by atomic mass is 10.0. The van der Waals surface area contributed by atoms with Gasteiger partial charge in [-0.25, -0.2) is 4.98 Å². The summed E-state index contributed by atoms with van der Waals surface area (Å²) in [6.07, 6.45) is 4.72. The number of hydrogen-bond acceptors (Lipinski definition) is 3. The second kappa shape index (κ2) is 6.31. The highest BCUT2D eigenvalue weighted by atomic mass is 16.2. The van der Waals surface area contributed by atoms with Crippen molar-refractivity contribution in [3.05, 3.63) is 59.2 Å². The molecule has 1 aliphatic rings. The van der Waals surface area contributed by atoms with Crippen LogP contribution in [-0.4, -0.2) is 32.3 Å². The molecule has 0 saturated carbocycles. The number of likely N-dealkylation sites (tertiary alicyclic amines) is 1. The van der Waals surface area contributed by atoms with Gasteiger partial charge in [-0.1, -0.05) is 6.07 Å². The van der Waals surface area contributed by atoms with Crippen LogP contribution >= 0.6 is 0 Å². The number of fused-ring (bicyclic) bond motifs is 1. The fraction of sp³-hybridized carbons (Fsp3) is 0.350. The lowest BCUT2D eigenvalue weighted by Crippen LogP contribution is -2.39. The van der Waals surface area contributed by atoms with Crippen molar-refractivity contribution in [1.82, 2.24) is 19.9 Å². The molecule has 1 N–H and O–H groups in total. The molecule has 1 aromatic carbocycles. The number of pyridine rings is 1. The number of nitrogens with zero attached hydrogens (tertiary/aromatic N) is 3. The Morgan fingerprint density at radius 3 is 2.84 bits per heavy atom. The van der Waals surface area contributed by atoms with Gasteiger partial charge >= 0.3 is 0 Å². The van der Waals surface area contributed by atoms with E-state index in [0.29, 0.717) is 5.69 Å². The molecule has 1 saturated heterocycles. The van der Waals surface area contributed by atoms with Gasteiger partial charge in [0.25, 0.3) is 5.91 Å². The normalized spacial score (nSPS) is 17.8. The van der Waals surface area contributed by atoms with Crippen molar-refractivity contribution in [2.45, 2.75) is 39.2 Å². The Morgan fingerprint density at radius 2 is 2.04 bits per heavy atom. The van der Waals surface area contributed by atoms with E-state index in [0.717, 1.165) is 42.7 Å². The van der Waals surface area contributed by atoms with Gasteiger partial charge in [-0.05, 0) is 68.5 Å². The van der Waals surface area contributed by atoms with Crippen molar-refractivity contribution in [2.75, 3.05) is 6.54 Å². The number of imidazole rings is 1. The summed E-state index contributed by atoms with van der Waals surface area (Å²) in [6.45, 7) is 4.95. The van der Waals surface area contributed by atoms with E-state index < -0.39 is 0 Å². The number of aromatic nitrogens is 3. The number of nitrogens with one attached hydrogen (secondary N) is 1. The van der Waals surface area contributed by atoms with Crippen molar-refractivity contribution in [3.8, 4) is 0 Å². The molecule has 0 radical (unpaired) electrons. The fourth-order valence-electron chi connectivity index (χ4n) is 3.54. The second-order valence-corrected chi connectivity index (χ2v) is 6.80. The van der Waals surface area contributed by atoms with E-state index in [1.807, 2.05) is 17.0 Å². The van der Waals surface area contributed by atoms with E-state index in [-0.39, 0.29) is 11.9 Å². The van der Waals surface area contributed by atoms with Gasteiger partial charge in [-0.2, -0.15) is 0 Å². The van der Waals surface area contributed by atoms with Crippen molar-refractivity contribution < 1.29 is 4.79 Å². The fourth-order valence-corrected chi connectivity index (χ4v) is 3.54. The summed E-state index contributed by atoms with van der Waals surface area (Å²) in [4.78, 5) is 27.3. The molecular weight excluding hydrogens is 312 g/mol. The third-order valence-corrected chi connectivity index (χ3v) is 5.08. The van der Waals surface area contributed by atoms with Crippen molar-refractivity contribution in [3.63, 3.8) is 0 Å². The molecular formula is C20H22N4O. The van der Waals surface area contributed by atoms with Crippen LogP contribution in [0.15, 0.2) is 36.5 Å². The highest BCUT2D eigenvalue weighted by molar-refractivity contribution is 5.92. The Hall–Kier alpha value is -2.69. The van der Waals surface area contributed by atoms with E-state index in [1.165, 1.54) is 11.1 Å². The molecule has 25 heavy (non-hydrogen) atoms. The summed E-state index contributed by atoms with van der Waals surface area (Å²) in [6, 6.07) is 9.68. The monoisotopic (exact) mass is 334 g/mol. The van der Waals surface area contributed by atoms with Gasteiger partial charge < -0.3 is 9.88 Å². The molecule has 128 valence electrons. The maximum absolute atomic E-state index is 12.9. The summed E-state index contributed by atoms with van der Waals surface area (Å²) < 4.78 is 0. The number of amides is 1. The number of H-pyrrole nitrogens is 1. The first-order chi connectivity index (χ1) is 12.1. The Bertz CT molecular complexity index is 877. The van der Waals surface area contributed by atoms with Gasteiger partial charge in [0.1, 0.15) is 11.5 Å². The summed E-state index contributed by atoms with van der Waals surface area (Å²) >= 11 is 0. The van der Waals surface area contributed by atoms with E-state index in [9.17, 15) is 4.79 Å². The largest absolute Gasteiger partial charge is 0.340 e. The molecule has 1 aliphatic heterocycles. The Balaban J connectivity index is 1.70. The molecule has 3 aromatic rings. The zero-order valence-electron chi connectivity index (χ0n) is 14.6. The first kappa shape index (κ1) is 15.8. The standard InChI is InChI=1S/C20H22N4O/c1-13-11-16-17(12-14(13)2)23-19(22-16)18-8-4-6-10-24(18)20(25)15-7-3-5-9-21-15/h3,5,7,9,11-12,18H,4,6,8,10H2,1-2H3,(H,22,23). The van der Waals surface area contributed by atoms with Gasteiger partial charge in [0.2, 0.25) is 0 Å². The van der Waals surface area contributed by atoms with Crippen LogP contribution in [0.3, 0.4) is 0 Å². The molecule has 1 atom stereocenters. The van der Waals surface area contributed by atoms with Gasteiger partial charge in [-0.15, -0.1) is 0 Å².